The number of carbonyl (C=O) groups is 1. The summed E-state index contributed by atoms with van der Waals surface area (Å²) in [5.41, 5.74) is 1.23. The molecule has 0 aliphatic carbocycles. The SMILES string of the molecule is CCC(C)(C)CNc1cccc(SC)c1C(=O)O. The number of hydrogen-bond acceptors (Lipinski definition) is 3. The van der Waals surface area contributed by atoms with Crippen LogP contribution in [0, 0.1) is 5.41 Å². The van der Waals surface area contributed by atoms with Crippen molar-refractivity contribution in [3.63, 3.8) is 0 Å². The molecule has 2 N–H and O–H groups in total. The van der Waals surface area contributed by atoms with Crippen LogP contribution in [0.15, 0.2) is 23.1 Å². The maximum atomic E-state index is 11.3. The van der Waals surface area contributed by atoms with Gasteiger partial charge in [-0.1, -0.05) is 26.8 Å². The predicted octanol–water partition coefficient (Wildman–Crippen LogP) is 3.95. The molecule has 0 aromatic heterocycles. The summed E-state index contributed by atoms with van der Waals surface area (Å²) in [6.45, 7) is 7.23. The third-order valence-corrected chi connectivity index (χ3v) is 3.95. The predicted molar refractivity (Wildman–Crippen MR) is 77.7 cm³/mol. The fourth-order valence-corrected chi connectivity index (χ4v) is 2.14. The highest BCUT2D eigenvalue weighted by Crippen LogP contribution is 2.28. The number of carboxylic acids is 1. The second-order valence-corrected chi connectivity index (χ2v) is 5.91. The number of carboxylic acid groups (broad SMARTS) is 1. The molecule has 0 saturated carbocycles. The molecule has 1 aromatic carbocycles. The first-order valence-corrected chi connectivity index (χ1v) is 7.28. The van der Waals surface area contributed by atoms with E-state index < -0.39 is 5.97 Å². The van der Waals surface area contributed by atoms with E-state index in [2.05, 4.69) is 26.1 Å². The van der Waals surface area contributed by atoms with E-state index in [9.17, 15) is 9.90 Å². The first-order valence-electron chi connectivity index (χ1n) is 6.05. The van der Waals surface area contributed by atoms with Gasteiger partial charge in [0.25, 0.3) is 0 Å². The zero-order chi connectivity index (χ0) is 13.8. The third kappa shape index (κ3) is 3.67. The van der Waals surface area contributed by atoms with Crippen molar-refractivity contribution in [2.75, 3.05) is 18.1 Å². The summed E-state index contributed by atoms with van der Waals surface area (Å²) in [5.74, 6) is -0.878. The fourth-order valence-electron chi connectivity index (χ4n) is 1.53. The van der Waals surface area contributed by atoms with Crippen LogP contribution in [-0.4, -0.2) is 23.9 Å². The lowest BCUT2D eigenvalue weighted by Gasteiger charge is -2.24. The Bertz CT molecular complexity index is 430. The van der Waals surface area contributed by atoms with Gasteiger partial charge in [-0.25, -0.2) is 4.79 Å². The molecule has 4 heteroatoms. The fraction of sp³-hybridized carbons (Fsp3) is 0.500. The molecule has 1 rings (SSSR count). The number of rotatable bonds is 6. The molecule has 0 unspecified atom stereocenters. The molecule has 0 radical (unpaired) electrons. The Morgan fingerprint density at radius 1 is 1.44 bits per heavy atom. The van der Waals surface area contributed by atoms with Crippen molar-refractivity contribution in [2.24, 2.45) is 5.41 Å². The van der Waals surface area contributed by atoms with Gasteiger partial charge in [0.15, 0.2) is 0 Å². The van der Waals surface area contributed by atoms with Crippen LogP contribution in [0.25, 0.3) is 0 Å². The van der Waals surface area contributed by atoms with Gasteiger partial charge in [-0.3, -0.25) is 0 Å². The topological polar surface area (TPSA) is 49.3 Å². The molecule has 3 nitrogen and oxygen atoms in total. The third-order valence-electron chi connectivity index (χ3n) is 3.17. The molecule has 100 valence electrons. The second-order valence-electron chi connectivity index (χ2n) is 5.06. The minimum Gasteiger partial charge on any atom is -0.478 e. The summed E-state index contributed by atoms with van der Waals surface area (Å²) >= 11 is 1.46. The highest BCUT2D eigenvalue weighted by molar-refractivity contribution is 7.98. The number of aromatic carboxylic acids is 1. The Morgan fingerprint density at radius 3 is 2.61 bits per heavy atom. The highest BCUT2D eigenvalue weighted by Gasteiger charge is 2.18. The minimum absolute atomic E-state index is 0.158. The lowest BCUT2D eigenvalue weighted by Crippen LogP contribution is -2.23. The molecular weight excluding hydrogens is 246 g/mol. The normalized spacial score (nSPS) is 11.3. The van der Waals surface area contributed by atoms with Crippen LogP contribution in [0.3, 0.4) is 0 Å². The Hall–Kier alpha value is -1.16. The summed E-state index contributed by atoms with van der Waals surface area (Å²) < 4.78 is 0. The molecule has 0 bridgehead atoms. The van der Waals surface area contributed by atoms with Crippen molar-refractivity contribution in [3.8, 4) is 0 Å². The maximum Gasteiger partial charge on any atom is 0.338 e. The molecule has 0 fully saturated rings. The van der Waals surface area contributed by atoms with Gasteiger partial charge in [0.05, 0.1) is 5.56 Å². The smallest absolute Gasteiger partial charge is 0.338 e. The molecule has 18 heavy (non-hydrogen) atoms. The molecule has 0 aliphatic heterocycles. The molecule has 0 aliphatic rings. The van der Waals surface area contributed by atoms with E-state index in [4.69, 9.17) is 0 Å². The molecule has 0 amide bonds. The van der Waals surface area contributed by atoms with Crippen LogP contribution >= 0.6 is 11.8 Å². The molecular formula is C14H21NO2S. The van der Waals surface area contributed by atoms with Crippen molar-refractivity contribution in [1.29, 1.82) is 0 Å². The quantitative estimate of drug-likeness (QED) is 0.766. The largest absolute Gasteiger partial charge is 0.478 e. The molecule has 0 atom stereocenters. The first kappa shape index (κ1) is 14.9. The van der Waals surface area contributed by atoms with Crippen LogP contribution in [-0.2, 0) is 0 Å². The standard InChI is InChI=1S/C14H21NO2S/c1-5-14(2,3)9-15-10-7-6-8-11(18-4)12(10)13(16)17/h6-8,15H,5,9H2,1-4H3,(H,16,17). The van der Waals surface area contributed by atoms with Gasteiger partial charge in [-0.05, 0) is 30.2 Å². The van der Waals surface area contributed by atoms with E-state index in [0.717, 1.165) is 17.9 Å². The number of hydrogen-bond donors (Lipinski definition) is 2. The van der Waals surface area contributed by atoms with Gasteiger partial charge in [0.2, 0.25) is 0 Å². The van der Waals surface area contributed by atoms with Gasteiger partial charge >= 0.3 is 5.97 Å². The summed E-state index contributed by atoms with van der Waals surface area (Å²) in [5, 5.41) is 12.6. The molecule has 0 saturated heterocycles. The van der Waals surface area contributed by atoms with Crippen molar-refractivity contribution in [2.45, 2.75) is 32.1 Å². The maximum absolute atomic E-state index is 11.3. The van der Waals surface area contributed by atoms with Gasteiger partial charge in [0, 0.05) is 17.1 Å². The average Bonchev–Trinajstić information content (AvgIpc) is 2.35. The van der Waals surface area contributed by atoms with Gasteiger partial charge in [0.1, 0.15) is 0 Å². The van der Waals surface area contributed by atoms with E-state index in [-0.39, 0.29) is 5.41 Å². The zero-order valence-electron chi connectivity index (χ0n) is 11.4. The number of anilines is 1. The van der Waals surface area contributed by atoms with Crippen LogP contribution in [0.1, 0.15) is 37.6 Å². The van der Waals surface area contributed by atoms with Crippen LogP contribution < -0.4 is 5.32 Å². The average molecular weight is 267 g/mol. The summed E-state index contributed by atoms with van der Waals surface area (Å²) in [4.78, 5) is 12.1. The summed E-state index contributed by atoms with van der Waals surface area (Å²) in [6.07, 6.45) is 2.94. The van der Waals surface area contributed by atoms with Gasteiger partial charge < -0.3 is 10.4 Å². The molecule has 0 heterocycles. The van der Waals surface area contributed by atoms with Crippen LogP contribution in [0.5, 0.6) is 0 Å². The second kappa shape index (κ2) is 6.14. The lowest BCUT2D eigenvalue weighted by atomic mass is 9.90. The van der Waals surface area contributed by atoms with E-state index in [0.29, 0.717) is 11.3 Å². The number of nitrogens with one attached hydrogen (secondary N) is 1. The van der Waals surface area contributed by atoms with Crippen LogP contribution in [0.4, 0.5) is 5.69 Å². The Balaban J connectivity index is 2.99. The van der Waals surface area contributed by atoms with E-state index >= 15 is 0 Å². The molecule has 0 spiro atoms. The summed E-state index contributed by atoms with van der Waals surface area (Å²) in [7, 11) is 0. The lowest BCUT2D eigenvalue weighted by molar-refractivity contribution is 0.0694. The van der Waals surface area contributed by atoms with Crippen molar-refractivity contribution >= 4 is 23.4 Å². The van der Waals surface area contributed by atoms with Crippen molar-refractivity contribution < 1.29 is 9.90 Å². The number of thioether (sulfide) groups is 1. The minimum atomic E-state index is -0.878. The molecule has 1 aromatic rings. The monoisotopic (exact) mass is 267 g/mol. The van der Waals surface area contributed by atoms with E-state index in [1.165, 1.54) is 11.8 Å². The number of benzene rings is 1. The van der Waals surface area contributed by atoms with Crippen molar-refractivity contribution in [3.05, 3.63) is 23.8 Å². The Kier molecular flexibility index (Phi) is 5.08. The zero-order valence-corrected chi connectivity index (χ0v) is 12.2. The van der Waals surface area contributed by atoms with E-state index in [1.807, 2.05) is 24.5 Å². The van der Waals surface area contributed by atoms with Gasteiger partial charge in [-0.15, -0.1) is 11.8 Å². The van der Waals surface area contributed by atoms with Gasteiger partial charge in [-0.2, -0.15) is 0 Å². The first-order chi connectivity index (χ1) is 8.41. The summed E-state index contributed by atoms with van der Waals surface area (Å²) in [6, 6.07) is 5.55. The van der Waals surface area contributed by atoms with E-state index in [1.54, 1.807) is 0 Å². The Labute approximate surface area is 113 Å². The van der Waals surface area contributed by atoms with Crippen molar-refractivity contribution in [1.82, 2.24) is 0 Å². The van der Waals surface area contributed by atoms with Crippen LogP contribution in [0.2, 0.25) is 0 Å². The highest BCUT2D eigenvalue weighted by atomic mass is 32.2. The Morgan fingerprint density at radius 2 is 2.11 bits per heavy atom.